The summed E-state index contributed by atoms with van der Waals surface area (Å²) in [6.45, 7) is 0. The summed E-state index contributed by atoms with van der Waals surface area (Å²) in [5, 5.41) is 4.42. The van der Waals surface area contributed by atoms with E-state index in [4.69, 9.17) is 0 Å². The van der Waals surface area contributed by atoms with E-state index in [1.807, 2.05) is 24.3 Å². The fourth-order valence-electron chi connectivity index (χ4n) is 7.52. The van der Waals surface area contributed by atoms with E-state index in [0.717, 1.165) is 27.1 Å². The van der Waals surface area contributed by atoms with E-state index >= 15 is 35.1 Å². The van der Waals surface area contributed by atoms with E-state index in [1.54, 1.807) is 0 Å². The number of carbonyl (C=O) groups is 1. The summed E-state index contributed by atoms with van der Waals surface area (Å²) in [6.07, 6.45) is -2.98. The molecule has 0 aliphatic heterocycles. The van der Waals surface area contributed by atoms with Gasteiger partial charge in [0.2, 0.25) is 5.78 Å². The van der Waals surface area contributed by atoms with Crippen molar-refractivity contribution in [2.24, 2.45) is 0 Å². The summed E-state index contributed by atoms with van der Waals surface area (Å²) in [6, 6.07) is 18.5. The zero-order chi connectivity index (χ0) is 48.5. The summed E-state index contributed by atoms with van der Waals surface area (Å²) in [5.74, 6) is -70.5. The van der Waals surface area contributed by atoms with Gasteiger partial charge in [0, 0.05) is 5.56 Å². The van der Waals surface area contributed by atoms with Gasteiger partial charge < -0.3 is 0 Å². The molecule has 0 aromatic heterocycles. The van der Waals surface area contributed by atoms with Crippen LogP contribution in [0.4, 0.5) is 87.8 Å². The summed E-state index contributed by atoms with van der Waals surface area (Å²) in [7, 11) is 0.118. The molecule has 0 unspecified atom stereocenters. The number of hydrogen-bond acceptors (Lipinski definition) is 1. The van der Waals surface area contributed by atoms with E-state index in [9.17, 15) is 57.5 Å². The molecule has 0 aliphatic carbocycles. The Morgan fingerprint density at radius 3 is 0.815 bits per heavy atom. The Labute approximate surface area is 353 Å². The first-order valence-corrected chi connectivity index (χ1v) is 19.8. The van der Waals surface area contributed by atoms with E-state index in [-0.39, 0.29) is 16.7 Å². The molecule has 0 heterocycles. The molecule has 0 bridgehead atoms. The van der Waals surface area contributed by atoms with Crippen LogP contribution in [0.5, 0.6) is 0 Å². The number of benzene rings is 7. The third kappa shape index (κ3) is 7.40. The van der Waals surface area contributed by atoms with Gasteiger partial charge in [-0.3, -0.25) is 4.79 Å². The minimum atomic E-state index is -7.22. The quantitative estimate of drug-likeness (QED) is 0.0296. The lowest BCUT2D eigenvalue weighted by molar-refractivity contribution is 0.102. The van der Waals surface area contributed by atoms with Crippen LogP contribution in [0.1, 0.15) is 10.4 Å². The minimum absolute atomic E-state index is 0.118. The summed E-state index contributed by atoms with van der Waals surface area (Å²) in [5.41, 5.74) is -13.4. The van der Waals surface area contributed by atoms with Gasteiger partial charge in [-0.1, -0.05) is 48.5 Å². The average Bonchev–Trinajstić information content (AvgIpc) is 3.27. The van der Waals surface area contributed by atoms with E-state index < -0.39 is 144 Å². The smallest absolute Gasteiger partial charge is 0.213 e. The molecule has 0 aliphatic rings. The highest BCUT2D eigenvalue weighted by molar-refractivity contribution is 7.96. The van der Waals surface area contributed by atoms with Crippen molar-refractivity contribution in [1.29, 1.82) is 0 Å². The Balaban J connectivity index is 0.000000289. The number of Topliss-reactive ketones (excluding diaryl/α,β-unsaturated/α-hetero) is 1. The Morgan fingerprint density at radius 2 is 0.585 bits per heavy atom. The largest absolute Gasteiger partial charge is 0.289 e. The number of ketones is 1. The molecule has 0 saturated heterocycles. The van der Waals surface area contributed by atoms with Crippen LogP contribution in [0.3, 0.4) is 0 Å². The first-order valence-electron chi connectivity index (χ1n) is 17.6. The predicted octanol–water partition coefficient (Wildman–Crippen LogP) is 9.90. The molecule has 0 amide bonds. The van der Waals surface area contributed by atoms with Crippen molar-refractivity contribution in [3.63, 3.8) is 0 Å². The molecular formula is C42H17BF20OS. The molecule has 340 valence electrons. The molecule has 7 rings (SSSR count). The zero-order valence-corrected chi connectivity index (χ0v) is 32.7. The highest BCUT2D eigenvalue weighted by Gasteiger charge is 2.52. The van der Waals surface area contributed by atoms with E-state index in [0.29, 0.717) is 5.75 Å². The third-order valence-corrected chi connectivity index (χ3v) is 11.0. The van der Waals surface area contributed by atoms with Crippen molar-refractivity contribution in [2.45, 2.75) is 0 Å². The lowest BCUT2D eigenvalue weighted by atomic mass is 9.12. The van der Waals surface area contributed by atoms with Crippen LogP contribution in [-0.4, -0.2) is 30.2 Å². The van der Waals surface area contributed by atoms with Gasteiger partial charge in [0.05, 0.1) is 12.5 Å². The summed E-state index contributed by atoms with van der Waals surface area (Å²) >= 11 is 0. The summed E-state index contributed by atoms with van der Waals surface area (Å²) < 4.78 is 294. The van der Waals surface area contributed by atoms with Gasteiger partial charge >= 0.3 is 0 Å². The molecule has 7 aromatic carbocycles. The molecule has 0 radical (unpaired) electrons. The average molecular weight is 960 g/mol. The van der Waals surface area contributed by atoms with Gasteiger partial charge in [-0.25, -0.2) is 87.8 Å². The van der Waals surface area contributed by atoms with E-state index in [2.05, 4.69) is 42.8 Å². The van der Waals surface area contributed by atoms with Crippen molar-refractivity contribution in [3.05, 3.63) is 177 Å². The van der Waals surface area contributed by atoms with Crippen molar-refractivity contribution in [2.75, 3.05) is 18.3 Å². The molecule has 0 spiro atoms. The second-order valence-electron chi connectivity index (χ2n) is 14.0. The molecule has 0 N–H and O–H groups in total. The normalized spacial score (nSPS) is 11.8. The Kier molecular flexibility index (Phi) is 13.1. The van der Waals surface area contributed by atoms with Gasteiger partial charge in [0.1, 0.15) is 52.7 Å². The third-order valence-electron chi connectivity index (χ3n) is 10.2. The SMILES string of the molecule is C[S+](C)CC(=O)c1c2ccccc2cc2ccccc12.Fc1c(F)c(F)c([B-](c2c(F)c(F)c(F)c(F)c2F)(c2c(F)c(F)c(F)c(F)c2F)c2c(F)c(F)c(F)c(F)c2F)c(F)c1F. The Morgan fingerprint density at radius 1 is 0.369 bits per heavy atom. The lowest BCUT2D eigenvalue weighted by Gasteiger charge is -2.44. The number of fused-ring (bicyclic) bond motifs is 2. The van der Waals surface area contributed by atoms with Crippen LogP contribution in [0.2, 0.25) is 0 Å². The van der Waals surface area contributed by atoms with Crippen molar-refractivity contribution < 1.29 is 92.6 Å². The van der Waals surface area contributed by atoms with Crippen LogP contribution in [0.25, 0.3) is 21.5 Å². The van der Waals surface area contributed by atoms with Gasteiger partial charge in [-0.05, 0) is 38.5 Å². The first kappa shape index (κ1) is 48.2. The second kappa shape index (κ2) is 17.6. The predicted molar refractivity (Wildman–Crippen MR) is 199 cm³/mol. The van der Waals surface area contributed by atoms with E-state index in [1.165, 1.54) is 0 Å². The Hall–Kier alpha value is -6.26. The zero-order valence-electron chi connectivity index (χ0n) is 31.9. The topological polar surface area (TPSA) is 17.1 Å². The van der Waals surface area contributed by atoms with Crippen molar-refractivity contribution >= 4 is 66.2 Å². The monoisotopic (exact) mass is 960 g/mol. The standard InChI is InChI=1S/C24BF20.C18H17OS/c26-5-1(6(27)14(35)21(42)13(5)34)25(2-7(28)15(36)22(43)16(37)8(2)29,3-9(30)17(38)23(44)18(39)10(3)31)4-11(32)19(40)24(45)20(41)12(4)33;1-20(2)12-17(19)18-15-9-5-3-7-13(15)11-14-8-4-6-10-16(14)18/h;3-11H,12H2,1-2H3/q-1;+1. The molecule has 65 heavy (non-hydrogen) atoms. The first-order chi connectivity index (χ1) is 30.4. The van der Waals surface area contributed by atoms with Gasteiger partial charge in [0.15, 0.2) is 75.6 Å². The minimum Gasteiger partial charge on any atom is -0.289 e. The maximum Gasteiger partial charge on any atom is 0.213 e. The molecule has 0 saturated carbocycles. The van der Waals surface area contributed by atoms with Gasteiger partial charge in [-0.15, -0.1) is 21.9 Å². The fourth-order valence-corrected chi connectivity index (χ4v) is 8.19. The van der Waals surface area contributed by atoms with Gasteiger partial charge in [-0.2, -0.15) is 0 Å². The second-order valence-corrected chi connectivity index (χ2v) is 16.3. The highest BCUT2D eigenvalue weighted by atomic mass is 32.2. The molecule has 0 atom stereocenters. The van der Waals surface area contributed by atoms with Crippen molar-refractivity contribution in [1.82, 2.24) is 0 Å². The Bertz CT molecular complexity index is 2700. The fraction of sp³-hybridized carbons (Fsp3) is 0.0714. The number of halogens is 20. The molecule has 7 aromatic rings. The molecule has 0 fully saturated rings. The molecule has 1 nitrogen and oxygen atoms in total. The van der Waals surface area contributed by atoms with Crippen LogP contribution >= 0.6 is 0 Å². The number of carbonyl (C=O) groups excluding carboxylic acids is 1. The van der Waals surface area contributed by atoms with Crippen LogP contribution in [0, 0.1) is 116 Å². The lowest BCUT2D eigenvalue weighted by Crippen LogP contribution is -2.81. The number of hydrogen-bond donors (Lipinski definition) is 0. The molecule has 23 heteroatoms. The highest BCUT2D eigenvalue weighted by Crippen LogP contribution is 2.32. The maximum absolute atomic E-state index is 15.4. The van der Waals surface area contributed by atoms with Gasteiger partial charge in [0.25, 0.3) is 0 Å². The van der Waals surface area contributed by atoms with Crippen LogP contribution < -0.4 is 21.9 Å². The van der Waals surface area contributed by atoms with Crippen LogP contribution in [0.15, 0.2) is 54.6 Å². The summed E-state index contributed by atoms with van der Waals surface area (Å²) in [4.78, 5) is 12.7. The van der Waals surface area contributed by atoms with Crippen LogP contribution in [-0.2, 0) is 10.9 Å². The molecular weight excluding hydrogens is 943 g/mol. The number of rotatable bonds is 7. The van der Waals surface area contributed by atoms with Crippen molar-refractivity contribution in [3.8, 4) is 0 Å². The maximum atomic E-state index is 15.4.